The van der Waals surface area contributed by atoms with Gasteiger partial charge in [0.1, 0.15) is 10.6 Å². The molecule has 6 nitrogen and oxygen atoms in total. The Morgan fingerprint density at radius 2 is 2.21 bits per heavy atom. The molecule has 146 valence electrons. The number of aryl methyl sites for hydroxylation is 1. The normalized spacial score (nSPS) is 15.4. The number of ether oxygens (including phenoxy) is 2. The molecular formula is C21H22N2O4S. The standard InChI is InChI=1S/C21H22N2O4S/c1-3-26-20(25)19-13(2)22-21(28-19)23(16-6-7-16)18(24)9-5-14-4-8-17-15(12-14)10-11-27-17/h4-5,8-9,12,16H,3,6-7,10-11H2,1-2H3/b9-5+. The number of carbonyl (C=O) groups excluding carboxylic acids is 2. The summed E-state index contributed by atoms with van der Waals surface area (Å²) in [5, 5.41) is 0.556. The second-order valence-electron chi connectivity index (χ2n) is 6.87. The van der Waals surface area contributed by atoms with Crippen LogP contribution in [0.2, 0.25) is 0 Å². The summed E-state index contributed by atoms with van der Waals surface area (Å²) < 4.78 is 10.6. The molecule has 2 aromatic rings. The number of hydrogen-bond donors (Lipinski definition) is 0. The Bertz CT molecular complexity index is 946. The van der Waals surface area contributed by atoms with Crippen LogP contribution in [0, 0.1) is 6.92 Å². The molecule has 7 heteroatoms. The number of esters is 1. The van der Waals surface area contributed by atoms with Crippen LogP contribution < -0.4 is 9.64 Å². The number of fused-ring (bicyclic) bond motifs is 1. The summed E-state index contributed by atoms with van der Waals surface area (Å²) in [6.45, 7) is 4.56. The molecule has 0 unspecified atom stereocenters. The molecule has 2 heterocycles. The van der Waals surface area contributed by atoms with E-state index in [9.17, 15) is 9.59 Å². The van der Waals surface area contributed by atoms with Crippen LogP contribution in [0.25, 0.3) is 6.08 Å². The Hall–Kier alpha value is -2.67. The fourth-order valence-corrected chi connectivity index (χ4v) is 4.23. The summed E-state index contributed by atoms with van der Waals surface area (Å²) in [5.74, 6) is 0.416. The molecule has 0 radical (unpaired) electrons. The maximum atomic E-state index is 12.9. The molecule has 0 spiro atoms. The van der Waals surface area contributed by atoms with Gasteiger partial charge in [0.2, 0.25) is 0 Å². The molecule has 1 aromatic heterocycles. The van der Waals surface area contributed by atoms with Crippen molar-refractivity contribution < 1.29 is 19.1 Å². The molecule has 0 N–H and O–H groups in total. The zero-order chi connectivity index (χ0) is 19.7. The average molecular weight is 398 g/mol. The van der Waals surface area contributed by atoms with Gasteiger partial charge >= 0.3 is 5.97 Å². The number of anilines is 1. The number of nitrogens with zero attached hydrogens (tertiary/aromatic N) is 2. The van der Waals surface area contributed by atoms with Crippen LogP contribution in [0.1, 0.15) is 46.3 Å². The Labute approximate surface area is 167 Å². The van der Waals surface area contributed by atoms with Gasteiger partial charge < -0.3 is 9.47 Å². The molecule has 0 bridgehead atoms. The number of aromatic nitrogens is 1. The summed E-state index contributed by atoms with van der Waals surface area (Å²) in [7, 11) is 0. The molecule has 2 aliphatic rings. The van der Waals surface area contributed by atoms with Gasteiger partial charge in [-0.3, -0.25) is 9.69 Å². The number of carbonyl (C=O) groups is 2. The van der Waals surface area contributed by atoms with Crippen LogP contribution in [0.5, 0.6) is 5.75 Å². The maximum Gasteiger partial charge on any atom is 0.350 e. The number of benzene rings is 1. The number of thiazole rings is 1. The van der Waals surface area contributed by atoms with E-state index < -0.39 is 0 Å². The van der Waals surface area contributed by atoms with Gasteiger partial charge in [-0.05, 0) is 56.0 Å². The number of hydrogen-bond acceptors (Lipinski definition) is 6. The largest absolute Gasteiger partial charge is 0.493 e. The van der Waals surface area contributed by atoms with E-state index in [1.54, 1.807) is 24.8 Å². The van der Waals surface area contributed by atoms with E-state index in [0.29, 0.717) is 28.9 Å². The molecule has 4 rings (SSSR count). The minimum absolute atomic E-state index is 0.122. The van der Waals surface area contributed by atoms with E-state index in [4.69, 9.17) is 9.47 Å². The first-order valence-electron chi connectivity index (χ1n) is 9.48. The third kappa shape index (κ3) is 3.80. The molecule has 0 atom stereocenters. The molecule has 1 aromatic carbocycles. The van der Waals surface area contributed by atoms with Crippen molar-refractivity contribution >= 4 is 34.4 Å². The van der Waals surface area contributed by atoms with Gasteiger partial charge in [-0.2, -0.15) is 0 Å². The van der Waals surface area contributed by atoms with Crippen molar-refractivity contribution in [1.29, 1.82) is 0 Å². The van der Waals surface area contributed by atoms with Crippen molar-refractivity contribution in [2.75, 3.05) is 18.1 Å². The van der Waals surface area contributed by atoms with Gasteiger partial charge in [-0.15, -0.1) is 0 Å². The van der Waals surface area contributed by atoms with E-state index in [1.807, 2.05) is 18.2 Å². The van der Waals surface area contributed by atoms with Gasteiger partial charge in [-0.25, -0.2) is 9.78 Å². The second-order valence-corrected chi connectivity index (χ2v) is 7.85. The molecule has 1 fully saturated rings. The minimum atomic E-state index is -0.386. The highest BCUT2D eigenvalue weighted by molar-refractivity contribution is 7.17. The average Bonchev–Trinajstić information content (AvgIpc) is 3.26. The zero-order valence-corrected chi connectivity index (χ0v) is 16.8. The Balaban J connectivity index is 1.54. The van der Waals surface area contributed by atoms with E-state index in [-0.39, 0.29) is 17.9 Å². The maximum absolute atomic E-state index is 12.9. The third-order valence-corrected chi connectivity index (χ3v) is 5.87. The SMILES string of the molecule is CCOC(=O)c1sc(N(C(=O)/C=C/c2ccc3c(c2)CCO3)C2CC2)nc1C. The smallest absolute Gasteiger partial charge is 0.350 e. The number of rotatable bonds is 6. The molecule has 1 aliphatic heterocycles. The zero-order valence-electron chi connectivity index (χ0n) is 15.9. The van der Waals surface area contributed by atoms with Gasteiger partial charge in [0, 0.05) is 18.5 Å². The first-order chi connectivity index (χ1) is 13.6. The quantitative estimate of drug-likeness (QED) is 0.547. The van der Waals surface area contributed by atoms with Gasteiger partial charge in [0.25, 0.3) is 5.91 Å². The highest BCUT2D eigenvalue weighted by Crippen LogP contribution is 2.36. The van der Waals surface area contributed by atoms with Gasteiger partial charge in [-0.1, -0.05) is 17.4 Å². The monoisotopic (exact) mass is 398 g/mol. The van der Waals surface area contributed by atoms with Crippen LogP contribution in [0.4, 0.5) is 5.13 Å². The Morgan fingerprint density at radius 3 is 2.96 bits per heavy atom. The van der Waals surface area contributed by atoms with Crippen LogP contribution in [-0.2, 0) is 16.0 Å². The summed E-state index contributed by atoms with van der Waals surface area (Å²) in [4.78, 5) is 31.6. The van der Waals surface area contributed by atoms with Crippen LogP contribution in [0.15, 0.2) is 24.3 Å². The van der Waals surface area contributed by atoms with Crippen molar-refractivity contribution in [1.82, 2.24) is 4.98 Å². The lowest BCUT2D eigenvalue weighted by atomic mass is 10.1. The molecule has 1 amide bonds. The molecule has 28 heavy (non-hydrogen) atoms. The molecule has 1 saturated carbocycles. The summed E-state index contributed by atoms with van der Waals surface area (Å²) in [5.41, 5.74) is 2.73. The molecular weight excluding hydrogens is 376 g/mol. The summed E-state index contributed by atoms with van der Waals surface area (Å²) in [6.07, 6.45) is 6.19. The van der Waals surface area contributed by atoms with E-state index in [1.165, 1.54) is 16.9 Å². The summed E-state index contributed by atoms with van der Waals surface area (Å²) >= 11 is 1.22. The van der Waals surface area contributed by atoms with Gasteiger partial charge in [0.15, 0.2) is 5.13 Å². The van der Waals surface area contributed by atoms with Crippen LogP contribution in [-0.4, -0.2) is 36.1 Å². The lowest BCUT2D eigenvalue weighted by Gasteiger charge is -2.17. The lowest BCUT2D eigenvalue weighted by molar-refractivity contribution is -0.114. The van der Waals surface area contributed by atoms with Crippen molar-refractivity contribution in [3.63, 3.8) is 0 Å². The highest BCUT2D eigenvalue weighted by atomic mass is 32.1. The lowest BCUT2D eigenvalue weighted by Crippen LogP contribution is -2.31. The fourth-order valence-electron chi connectivity index (χ4n) is 3.19. The van der Waals surface area contributed by atoms with Crippen LogP contribution in [0.3, 0.4) is 0 Å². The van der Waals surface area contributed by atoms with E-state index >= 15 is 0 Å². The fraction of sp³-hybridized carbons (Fsp3) is 0.381. The highest BCUT2D eigenvalue weighted by Gasteiger charge is 2.35. The van der Waals surface area contributed by atoms with Crippen molar-refractivity contribution in [3.05, 3.63) is 46.0 Å². The van der Waals surface area contributed by atoms with E-state index in [2.05, 4.69) is 11.1 Å². The Morgan fingerprint density at radius 1 is 1.39 bits per heavy atom. The predicted octanol–water partition coefficient (Wildman–Crippen LogP) is 3.77. The first kappa shape index (κ1) is 18.7. The van der Waals surface area contributed by atoms with Crippen molar-refractivity contribution in [2.24, 2.45) is 0 Å². The molecule has 1 aliphatic carbocycles. The number of amides is 1. The van der Waals surface area contributed by atoms with Crippen LogP contribution >= 0.6 is 11.3 Å². The van der Waals surface area contributed by atoms with Crippen molar-refractivity contribution in [3.8, 4) is 5.75 Å². The predicted molar refractivity (Wildman–Crippen MR) is 108 cm³/mol. The molecule has 0 saturated heterocycles. The van der Waals surface area contributed by atoms with Crippen molar-refractivity contribution in [2.45, 2.75) is 39.2 Å². The van der Waals surface area contributed by atoms with E-state index in [0.717, 1.165) is 30.6 Å². The minimum Gasteiger partial charge on any atom is -0.493 e. The first-order valence-corrected chi connectivity index (χ1v) is 10.3. The second kappa shape index (κ2) is 7.75. The Kier molecular flexibility index (Phi) is 5.17. The summed E-state index contributed by atoms with van der Waals surface area (Å²) in [6, 6.07) is 6.09. The topological polar surface area (TPSA) is 68.7 Å². The van der Waals surface area contributed by atoms with Gasteiger partial charge in [0.05, 0.1) is 18.9 Å². The third-order valence-electron chi connectivity index (χ3n) is 4.73.